The summed E-state index contributed by atoms with van der Waals surface area (Å²) in [7, 11) is 0. The standard InChI is InChI=1S/C10H18N2O3/c1-5-14-8(6(2)3)9-11-10(7(4)13)15-12-9/h6-8,13H,5H2,1-4H3/t7-,8?/m0/s1. The lowest BCUT2D eigenvalue weighted by Gasteiger charge is -2.16. The lowest BCUT2D eigenvalue weighted by Crippen LogP contribution is -2.12. The summed E-state index contributed by atoms with van der Waals surface area (Å²) in [6, 6.07) is 0. The molecule has 0 saturated heterocycles. The van der Waals surface area contributed by atoms with Crippen LogP contribution in [-0.4, -0.2) is 21.9 Å². The van der Waals surface area contributed by atoms with Gasteiger partial charge in [0, 0.05) is 6.61 Å². The van der Waals surface area contributed by atoms with Gasteiger partial charge in [0.25, 0.3) is 5.89 Å². The molecule has 0 aliphatic carbocycles. The van der Waals surface area contributed by atoms with Gasteiger partial charge in [-0.15, -0.1) is 0 Å². The van der Waals surface area contributed by atoms with Gasteiger partial charge in [0.2, 0.25) is 5.82 Å². The fourth-order valence-corrected chi connectivity index (χ4v) is 1.28. The molecule has 0 aliphatic rings. The van der Waals surface area contributed by atoms with Crippen molar-refractivity contribution < 1.29 is 14.4 Å². The maximum atomic E-state index is 9.25. The Morgan fingerprint density at radius 1 is 1.40 bits per heavy atom. The predicted octanol–water partition coefficient (Wildman–Crippen LogP) is 1.86. The molecule has 1 rings (SSSR count). The highest BCUT2D eigenvalue weighted by molar-refractivity contribution is 4.94. The minimum absolute atomic E-state index is 0.175. The van der Waals surface area contributed by atoms with Crippen LogP contribution in [-0.2, 0) is 4.74 Å². The zero-order valence-corrected chi connectivity index (χ0v) is 9.60. The molecule has 0 fully saturated rings. The van der Waals surface area contributed by atoms with Gasteiger partial charge < -0.3 is 14.4 Å². The number of hydrogen-bond donors (Lipinski definition) is 1. The third-order valence-electron chi connectivity index (χ3n) is 2.02. The molecule has 0 amide bonds. The summed E-state index contributed by atoms with van der Waals surface area (Å²) in [5, 5.41) is 13.1. The van der Waals surface area contributed by atoms with Crippen LogP contribution < -0.4 is 0 Å². The van der Waals surface area contributed by atoms with Crippen molar-refractivity contribution in [3.63, 3.8) is 0 Å². The van der Waals surface area contributed by atoms with E-state index in [9.17, 15) is 5.11 Å². The van der Waals surface area contributed by atoms with E-state index in [4.69, 9.17) is 9.26 Å². The molecule has 1 unspecified atom stereocenters. The number of nitrogens with zero attached hydrogens (tertiary/aromatic N) is 2. The highest BCUT2D eigenvalue weighted by atomic mass is 16.5. The summed E-state index contributed by atoms with van der Waals surface area (Å²) in [5.41, 5.74) is 0. The van der Waals surface area contributed by atoms with E-state index in [1.54, 1.807) is 6.92 Å². The first kappa shape index (κ1) is 12.1. The Morgan fingerprint density at radius 2 is 2.07 bits per heavy atom. The quantitative estimate of drug-likeness (QED) is 0.810. The Labute approximate surface area is 89.4 Å². The van der Waals surface area contributed by atoms with E-state index in [2.05, 4.69) is 10.1 Å². The molecule has 0 aliphatic heterocycles. The largest absolute Gasteiger partial charge is 0.384 e. The summed E-state index contributed by atoms with van der Waals surface area (Å²) in [6.45, 7) is 8.16. The maximum Gasteiger partial charge on any atom is 0.255 e. The molecule has 0 spiro atoms. The zero-order chi connectivity index (χ0) is 11.4. The zero-order valence-electron chi connectivity index (χ0n) is 9.60. The minimum atomic E-state index is -0.735. The van der Waals surface area contributed by atoms with Crippen molar-refractivity contribution in [2.45, 2.75) is 39.9 Å². The Hall–Kier alpha value is -0.940. The van der Waals surface area contributed by atoms with Crippen LogP contribution in [0, 0.1) is 5.92 Å². The van der Waals surface area contributed by atoms with Gasteiger partial charge in [-0.25, -0.2) is 0 Å². The van der Waals surface area contributed by atoms with Gasteiger partial charge in [0.05, 0.1) is 0 Å². The molecule has 1 aromatic rings. The van der Waals surface area contributed by atoms with Crippen molar-refractivity contribution in [2.24, 2.45) is 5.92 Å². The highest BCUT2D eigenvalue weighted by Gasteiger charge is 2.23. The number of aromatic nitrogens is 2. The van der Waals surface area contributed by atoms with Gasteiger partial charge in [0.1, 0.15) is 12.2 Å². The van der Waals surface area contributed by atoms with E-state index >= 15 is 0 Å². The van der Waals surface area contributed by atoms with Crippen molar-refractivity contribution >= 4 is 0 Å². The topological polar surface area (TPSA) is 68.4 Å². The Kier molecular flexibility index (Phi) is 4.23. The molecule has 0 aromatic carbocycles. The average Bonchev–Trinajstić information content (AvgIpc) is 2.62. The van der Waals surface area contributed by atoms with Crippen molar-refractivity contribution in [2.75, 3.05) is 6.61 Å². The molecular formula is C10H18N2O3. The van der Waals surface area contributed by atoms with E-state index in [0.29, 0.717) is 12.4 Å². The maximum absolute atomic E-state index is 9.25. The van der Waals surface area contributed by atoms with Crippen LogP contribution >= 0.6 is 0 Å². The molecule has 1 N–H and O–H groups in total. The van der Waals surface area contributed by atoms with Crippen LogP contribution in [0.2, 0.25) is 0 Å². The monoisotopic (exact) mass is 214 g/mol. The summed E-state index contributed by atoms with van der Waals surface area (Å²) in [4.78, 5) is 4.10. The predicted molar refractivity (Wildman–Crippen MR) is 54.1 cm³/mol. The fourth-order valence-electron chi connectivity index (χ4n) is 1.28. The molecule has 0 saturated carbocycles. The SMILES string of the molecule is CCOC(c1noc([C@H](C)O)n1)C(C)C. The number of aliphatic hydroxyl groups is 1. The fraction of sp³-hybridized carbons (Fsp3) is 0.800. The van der Waals surface area contributed by atoms with E-state index in [0.717, 1.165) is 0 Å². The second-order valence-corrected chi connectivity index (χ2v) is 3.79. The third kappa shape index (κ3) is 3.00. The van der Waals surface area contributed by atoms with Crippen molar-refractivity contribution in [3.05, 3.63) is 11.7 Å². The molecule has 0 radical (unpaired) electrons. The molecule has 15 heavy (non-hydrogen) atoms. The summed E-state index contributed by atoms with van der Waals surface area (Å²) >= 11 is 0. The molecule has 1 heterocycles. The van der Waals surface area contributed by atoms with E-state index in [1.807, 2.05) is 20.8 Å². The van der Waals surface area contributed by atoms with Gasteiger partial charge in [0.15, 0.2) is 0 Å². The number of ether oxygens (including phenoxy) is 1. The van der Waals surface area contributed by atoms with Crippen LogP contribution in [0.3, 0.4) is 0 Å². The number of rotatable bonds is 5. The molecule has 86 valence electrons. The first-order valence-corrected chi connectivity index (χ1v) is 5.19. The van der Waals surface area contributed by atoms with Crippen LogP contribution in [0.15, 0.2) is 4.52 Å². The van der Waals surface area contributed by atoms with Crippen LogP contribution in [0.4, 0.5) is 0 Å². The Bertz CT molecular complexity index is 297. The first-order valence-electron chi connectivity index (χ1n) is 5.19. The molecule has 0 bridgehead atoms. The van der Waals surface area contributed by atoms with Crippen molar-refractivity contribution in [1.82, 2.24) is 10.1 Å². The van der Waals surface area contributed by atoms with Crippen LogP contribution in [0.5, 0.6) is 0 Å². The van der Waals surface area contributed by atoms with Gasteiger partial charge in [-0.05, 0) is 19.8 Å². The summed E-state index contributed by atoms with van der Waals surface area (Å²) in [5.74, 6) is 1.00. The third-order valence-corrected chi connectivity index (χ3v) is 2.02. The number of hydrogen-bond acceptors (Lipinski definition) is 5. The van der Waals surface area contributed by atoms with E-state index < -0.39 is 6.10 Å². The average molecular weight is 214 g/mol. The van der Waals surface area contributed by atoms with Gasteiger partial charge >= 0.3 is 0 Å². The minimum Gasteiger partial charge on any atom is -0.384 e. The smallest absolute Gasteiger partial charge is 0.255 e. The lowest BCUT2D eigenvalue weighted by molar-refractivity contribution is 0.0217. The normalized spacial score (nSPS) is 15.6. The lowest BCUT2D eigenvalue weighted by atomic mass is 10.1. The molecular weight excluding hydrogens is 196 g/mol. The van der Waals surface area contributed by atoms with Crippen molar-refractivity contribution in [3.8, 4) is 0 Å². The highest BCUT2D eigenvalue weighted by Crippen LogP contribution is 2.24. The van der Waals surface area contributed by atoms with Gasteiger partial charge in [-0.1, -0.05) is 19.0 Å². The van der Waals surface area contributed by atoms with Gasteiger partial charge in [-0.2, -0.15) is 4.98 Å². The van der Waals surface area contributed by atoms with Crippen LogP contribution in [0.25, 0.3) is 0 Å². The van der Waals surface area contributed by atoms with Crippen molar-refractivity contribution in [1.29, 1.82) is 0 Å². The second kappa shape index (κ2) is 5.23. The second-order valence-electron chi connectivity index (χ2n) is 3.79. The van der Waals surface area contributed by atoms with Crippen LogP contribution in [0.1, 0.15) is 51.6 Å². The van der Waals surface area contributed by atoms with E-state index in [1.165, 1.54) is 0 Å². The molecule has 5 heteroatoms. The molecule has 2 atom stereocenters. The molecule has 1 aromatic heterocycles. The number of aliphatic hydroxyl groups excluding tert-OH is 1. The van der Waals surface area contributed by atoms with E-state index in [-0.39, 0.29) is 17.9 Å². The Morgan fingerprint density at radius 3 is 2.47 bits per heavy atom. The Balaban J connectivity index is 2.81. The summed E-state index contributed by atoms with van der Waals surface area (Å²) < 4.78 is 10.4. The first-order chi connectivity index (χ1) is 7.06. The summed E-state index contributed by atoms with van der Waals surface area (Å²) in [6.07, 6.45) is -0.910. The molecule has 5 nitrogen and oxygen atoms in total. The van der Waals surface area contributed by atoms with Gasteiger partial charge in [-0.3, -0.25) is 0 Å².